The van der Waals surface area contributed by atoms with Crippen LogP contribution in [0.3, 0.4) is 0 Å². The molecule has 0 aliphatic carbocycles. The van der Waals surface area contributed by atoms with Crippen molar-refractivity contribution in [2.75, 3.05) is 43.1 Å². The van der Waals surface area contributed by atoms with Crippen molar-refractivity contribution in [3.63, 3.8) is 0 Å². The van der Waals surface area contributed by atoms with E-state index in [0.29, 0.717) is 17.8 Å². The zero-order valence-corrected chi connectivity index (χ0v) is 16.0. The van der Waals surface area contributed by atoms with Crippen LogP contribution in [0.2, 0.25) is 0 Å². The molecule has 0 radical (unpaired) electrons. The molecule has 27 heavy (non-hydrogen) atoms. The fourth-order valence-corrected chi connectivity index (χ4v) is 3.88. The minimum absolute atomic E-state index is 0.135. The molecule has 0 atom stereocenters. The summed E-state index contributed by atoms with van der Waals surface area (Å²) in [6, 6.07) is 13.5. The molecule has 1 heterocycles. The number of hydrogen-bond acceptors (Lipinski definition) is 5. The van der Waals surface area contributed by atoms with Gasteiger partial charge in [-0.1, -0.05) is 6.92 Å². The van der Waals surface area contributed by atoms with Crippen LogP contribution in [-0.2, 0) is 14.8 Å². The Morgan fingerprint density at radius 3 is 2.26 bits per heavy atom. The maximum absolute atomic E-state index is 12.4. The van der Waals surface area contributed by atoms with E-state index < -0.39 is 10.0 Å². The normalized spacial score (nSPS) is 14.8. The maximum atomic E-state index is 12.4. The molecule has 0 aromatic heterocycles. The molecule has 1 saturated heterocycles. The van der Waals surface area contributed by atoms with E-state index >= 15 is 0 Å². The van der Waals surface area contributed by atoms with Gasteiger partial charge in [0.25, 0.3) is 5.91 Å². The van der Waals surface area contributed by atoms with E-state index in [4.69, 9.17) is 4.74 Å². The third kappa shape index (κ3) is 4.85. The SMILES string of the molecule is CCNS(=O)(=O)c1ccc(C(=O)Nc2ccc(N3CCOCC3)cc2)cc1. The minimum Gasteiger partial charge on any atom is -0.378 e. The largest absolute Gasteiger partial charge is 0.378 e. The van der Waals surface area contributed by atoms with Gasteiger partial charge < -0.3 is 15.0 Å². The number of benzene rings is 2. The molecule has 0 spiro atoms. The first-order valence-corrected chi connectivity index (χ1v) is 10.3. The Labute approximate surface area is 159 Å². The smallest absolute Gasteiger partial charge is 0.255 e. The molecule has 1 amide bonds. The van der Waals surface area contributed by atoms with Gasteiger partial charge in [0, 0.05) is 36.6 Å². The van der Waals surface area contributed by atoms with Gasteiger partial charge in [-0.25, -0.2) is 13.1 Å². The molecule has 1 fully saturated rings. The average Bonchev–Trinajstić information content (AvgIpc) is 2.69. The van der Waals surface area contributed by atoms with E-state index in [1.165, 1.54) is 24.3 Å². The summed E-state index contributed by atoms with van der Waals surface area (Å²) in [4.78, 5) is 14.8. The lowest BCUT2D eigenvalue weighted by molar-refractivity contribution is 0.102. The quantitative estimate of drug-likeness (QED) is 0.790. The third-order valence-electron chi connectivity index (χ3n) is 4.26. The Morgan fingerprint density at radius 2 is 1.67 bits per heavy atom. The summed E-state index contributed by atoms with van der Waals surface area (Å²) in [6.45, 7) is 5.17. The van der Waals surface area contributed by atoms with E-state index in [0.717, 1.165) is 32.0 Å². The standard InChI is InChI=1S/C19H23N3O4S/c1-2-20-27(24,25)18-9-3-15(4-10-18)19(23)21-16-5-7-17(8-6-16)22-11-13-26-14-12-22/h3-10,20H,2,11-14H2,1H3,(H,21,23). The summed E-state index contributed by atoms with van der Waals surface area (Å²) in [5, 5.41) is 2.82. The van der Waals surface area contributed by atoms with Crippen LogP contribution < -0.4 is 14.9 Å². The van der Waals surface area contributed by atoms with Gasteiger partial charge in [0.05, 0.1) is 18.1 Å². The Kier molecular flexibility index (Phi) is 6.10. The minimum atomic E-state index is -3.52. The van der Waals surface area contributed by atoms with Gasteiger partial charge in [-0.3, -0.25) is 4.79 Å². The number of carbonyl (C=O) groups excluding carboxylic acids is 1. The summed E-state index contributed by atoms with van der Waals surface area (Å²) in [5.74, 6) is -0.290. The molecule has 0 unspecified atom stereocenters. The Bertz CT molecular complexity index is 874. The molecule has 0 saturated carbocycles. The molecule has 1 aliphatic rings. The van der Waals surface area contributed by atoms with Crippen LogP contribution in [-0.4, -0.2) is 47.2 Å². The lowest BCUT2D eigenvalue weighted by atomic mass is 10.2. The number of amides is 1. The van der Waals surface area contributed by atoms with Crippen LogP contribution in [0.4, 0.5) is 11.4 Å². The number of nitrogens with one attached hydrogen (secondary N) is 2. The van der Waals surface area contributed by atoms with Crippen molar-refractivity contribution in [3.05, 3.63) is 54.1 Å². The van der Waals surface area contributed by atoms with E-state index in [1.807, 2.05) is 24.3 Å². The zero-order valence-electron chi connectivity index (χ0n) is 15.1. The van der Waals surface area contributed by atoms with Crippen molar-refractivity contribution in [1.29, 1.82) is 0 Å². The van der Waals surface area contributed by atoms with Gasteiger partial charge in [-0.2, -0.15) is 0 Å². The van der Waals surface area contributed by atoms with Crippen molar-refractivity contribution in [2.24, 2.45) is 0 Å². The number of rotatable bonds is 6. The number of nitrogens with zero attached hydrogens (tertiary/aromatic N) is 1. The number of anilines is 2. The van der Waals surface area contributed by atoms with Crippen LogP contribution in [0.1, 0.15) is 17.3 Å². The van der Waals surface area contributed by atoms with Gasteiger partial charge in [0.2, 0.25) is 10.0 Å². The van der Waals surface area contributed by atoms with E-state index in [2.05, 4.69) is 14.9 Å². The summed E-state index contributed by atoms with van der Waals surface area (Å²) in [5.41, 5.74) is 2.17. The van der Waals surface area contributed by atoms with Crippen molar-refractivity contribution in [3.8, 4) is 0 Å². The highest BCUT2D eigenvalue weighted by Crippen LogP contribution is 2.20. The number of morpholine rings is 1. The highest BCUT2D eigenvalue weighted by molar-refractivity contribution is 7.89. The summed E-state index contributed by atoms with van der Waals surface area (Å²) < 4.78 is 31.7. The predicted molar refractivity (Wildman–Crippen MR) is 105 cm³/mol. The fraction of sp³-hybridized carbons (Fsp3) is 0.316. The summed E-state index contributed by atoms with van der Waals surface area (Å²) in [7, 11) is -3.52. The molecular formula is C19H23N3O4S. The van der Waals surface area contributed by atoms with Crippen molar-refractivity contribution >= 4 is 27.3 Å². The highest BCUT2D eigenvalue weighted by atomic mass is 32.2. The van der Waals surface area contributed by atoms with Gasteiger partial charge >= 0.3 is 0 Å². The molecule has 0 bridgehead atoms. The lowest BCUT2D eigenvalue weighted by Crippen LogP contribution is -2.36. The van der Waals surface area contributed by atoms with Gasteiger partial charge in [0.15, 0.2) is 0 Å². The second kappa shape index (κ2) is 8.51. The molecule has 1 aliphatic heterocycles. The zero-order chi connectivity index (χ0) is 19.3. The third-order valence-corrected chi connectivity index (χ3v) is 5.82. The first-order chi connectivity index (χ1) is 13.0. The molecule has 3 rings (SSSR count). The van der Waals surface area contributed by atoms with Crippen LogP contribution in [0.15, 0.2) is 53.4 Å². The maximum Gasteiger partial charge on any atom is 0.255 e. The van der Waals surface area contributed by atoms with Crippen LogP contribution in [0.5, 0.6) is 0 Å². The second-order valence-electron chi connectivity index (χ2n) is 6.13. The Balaban J connectivity index is 1.64. The van der Waals surface area contributed by atoms with E-state index in [9.17, 15) is 13.2 Å². The highest BCUT2D eigenvalue weighted by Gasteiger charge is 2.14. The second-order valence-corrected chi connectivity index (χ2v) is 7.89. The fourth-order valence-electron chi connectivity index (χ4n) is 2.84. The van der Waals surface area contributed by atoms with E-state index in [1.54, 1.807) is 6.92 Å². The first-order valence-electron chi connectivity index (χ1n) is 8.83. The monoisotopic (exact) mass is 389 g/mol. The summed E-state index contributed by atoms with van der Waals surface area (Å²) >= 11 is 0. The summed E-state index contributed by atoms with van der Waals surface area (Å²) in [6.07, 6.45) is 0. The number of hydrogen-bond donors (Lipinski definition) is 2. The van der Waals surface area contributed by atoms with E-state index in [-0.39, 0.29) is 10.8 Å². The molecule has 2 aromatic rings. The van der Waals surface area contributed by atoms with Gasteiger partial charge in [-0.05, 0) is 48.5 Å². The number of sulfonamides is 1. The molecule has 2 N–H and O–H groups in total. The molecule has 7 nitrogen and oxygen atoms in total. The first kappa shape index (κ1) is 19.3. The van der Waals surface area contributed by atoms with Crippen LogP contribution in [0.25, 0.3) is 0 Å². The molecule has 8 heteroatoms. The Morgan fingerprint density at radius 1 is 1.04 bits per heavy atom. The lowest BCUT2D eigenvalue weighted by Gasteiger charge is -2.28. The van der Waals surface area contributed by atoms with Crippen LogP contribution in [0, 0.1) is 0 Å². The topological polar surface area (TPSA) is 87.7 Å². The van der Waals surface area contributed by atoms with Crippen LogP contribution >= 0.6 is 0 Å². The average molecular weight is 389 g/mol. The van der Waals surface area contributed by atoms with Crippen molar-refractivity contribution in [2.45, 2.75) is 11.8 Å². The number of carbonyl (C=O) groups is 1. The van der Waals surface area contributed by atoms with Gasteiger partial charge in [-0.15, -0.1) is 0 Å². The number of ether oxygens (including phenoxy) is 1. The van der Waals surface area contributed by atoms with Crippen molar-refractivity contribution < 1.29 is 17.9 Å². The predicted octanol–water partition coefficient (Wildman–Crippen LogP) is 2.07. The molecule has 144 valence electrons. The van der Waals surface area contributed by atoms with Crippen molar-refractivity contribution in [1.82, 2.24) is 4.72 Å². The Hall–Kier alpha value is -2.42. The molecule has 2 aromatic carbocycles. The molecular weight excluding hydrogens is 366 g/mol. The van der Waals surface area contributed by atoms with Gasteiger partial charge in [0.1, 0.15) is 0 Å².